The van der Waals surface area contributed by atoms with Crippen LogP contribution in [0.25, 0.3) is 0 Å². The molecule has 9 nitrogen and oxygen atoms in total. The number of carbonyl (C=O) groups excluding carboxylic acids is 2. The predicted molar refractivity (Wildman–Crippen MR) is 82.7 cm³/mol. The van der Waals surface area contributed by atoms with Gasteiger partial charge in [0.25, 0.3) is 0 Å². The average Bonchev–Trinajstić information content (AvgIpc) is 2.52. The van der Waals surface area contributed by atoms with Gasteiger partial charge in [0.2, 0.25) is 5.91 Å². The maximum atomic E-state index is 11.9. The van der Waals surface area contributed by atoms with Crippen LogP contribution in [0.15, 0.2) is 23.1 Å². The van der Waals surface area contributed by atoms with Gasteiger partial charge in [0.05, 0.1) is 22.9 Å². The molecule has 1 amide bonds. The third-order valence-electron chi connectivity index (χ3n) is 3.33. The Morgan fingerprint density at radius 3 is 2.71 bits per heavy atom. The largest absolute Gasteiger partial charge is 0.480 e. The van der Waals surface area contributed by atoms with Crippen LogP contribution in [-0.2, 0) is 24.2 Å². The van der Waals surface area contributed by atoms with Gasteiger partial charge in [-0.1, -0.05) is 6.92 Å². The van der Waals surface area contributed by atoms with Gasteiger partial charge in [0.15, 0.2) is 15.6 Å². The number of hydrogen-bond donors (Lipinski definition) is 2. The van der Waals surface area contributed by atoms with Gasteiger partial charge in [-0.05, 0) is 12.1 Å². The second-order valence-corrected chi connectivity index (χ2v) is 7.31. The van der Waals surface area contributed by atoms with E-state index in [1.54, 1.807) is 0 Å². The molecule has 1 aromatic carbocycles. The Hall–Kier alpha value is -2.62. The first kappa shape index (κ1) is 17.7. The summed E-state index contributed by atoms with van der Waals surface area (Å²) in [5.41, 5.74) is 0.384. The van der Waals surface area contributed by atoms with E-state index in [0.29, 0.717) is 5.69 Å². The van der Waals surface area contributed by atoms with Crippen molar-refractivity contribution >= 4 is 33.4 Å². The van der Waals surface area contributed by atoms with Crippen molar-refractivity contribution in [3.63, 3.8) is 0 Å². The molecule has 24 heavy (non-hydrogen) atoms. The van der Waals surface area contributed by atoms with Gasteiger partial charge in [-0.3, -0.25) is 9.59 Å². The molecule has 0 bridgehead atoms. The molecule has 10 heteroatoms. The Balaban J connectivity index is 2.25. The first-order valence-corrected chi connectivity index (χ1v) is 8.69. The normalized spacial score (nSPS) is 13.9. The zero-order valence-corrected chi connectivity index (χ0v) is 13.6. The SMILES string of the molecule is CCS(=O)(=O)c1ccc2c(c1)OC(=O)CN2CC(=O)NCC(=O)O. The average molecular weight is 356 g/mol. The summed E-state index contributed by atoms with van der Waals surface area (Å²) >= 11 is 0. The summed E-state index contributed by atoms with van der Waals surface area (Å²) in [5.74, 6) is -2.45. The van der Waals surface area contributed by atoms with Crippen LogP contribution >= 0.6 is 0 Å². The van der Waals surface area contributed by atoms with Crippen LogP contribution in [0.3, 0.4) is 0 Å². The molecule has 1 aliphatic rings. The van der Waals surface area contributed by atoms with E-state index in [1.165, 1.54) is 30.0 Å². The number of rotatable bonds is 6. The number of amides is 1. The van der Waals surface area contributed by atoms with Crippen molar-refractivity contribution in [3.05, 3.63) is 18.2 Å². The van der Waals surface area contributed by atoms with E-state index < -0.39 is 34.2 Å². The van der Waals surface area contributed by atoms with Gasteiger partial charge in [-0.15, -0.1) is 0 Å². The standard InChI is InChI=1S/C14H16N2O7S/c1-2-24(21,22)9-3-4-10-11(5-9)23-14(20)8-16(10)7-12(17)15-6-13(18)19/h3-5H,2,6-8H2,1H3,(H,15,17)(H,18,19). The molecule has 0 saturated carbocycles. The number of anilines is 1. The van der Waals surface area contributed by atoms with Gasteiger partial charge in [0, 0.05) is 6.07 Å². The number of benzene rings is 1. The minimum Gasteiger partial charge on any atom is -0.480 e. The minimum absolute atomic E-state index is 0.0220. The molecule has 0 spiro atoms. The van der Waals surface area contributed by atoms with Crippen molar-refractivity contribution in [1.29, 1.82) is 0 Å². The number of esters is 1. The maximum Gasteiger partial charge on any atom is 0.331 e. The molecule has 0 saturated heterocycles. The number of nitrogens with zero attached hydrogens (tertiary/aromatic N) is 1. The number of sulfone groups is 1. The van der Waals surface area contributed by atoms with Gasteiger partial charge in [0.1, 0.15) is 13.1 Å². The molecule has 0 radical (unpaired) electrons. The Labute approximate surface area is 138 Å². The smallest absolute Gasteiger partial charge is 0.331 e. The number of aliphatic carboxylic acids is 1. The molecule has 1 heterocycles. The zero-order valence-electron chi connectivity index (χ0n) is 12.8. The lowest BCUT2D eigenvalue weighted by atomic mass is 10.2. The van der Waals surface area contributed by atoms with E-state index in [9.17, 15) is 22.8 Å². The highest BCUT2D eigenvalue weighted by molar-refractivity contribution is 7.91. The number of hydrogen-bond acceptors (Lipinski definition) is 7. The van der Waals surface area contributed by atoms with E-state index in [-0.39, 0.29) is 29.5 Å². The molecule has 2 rings (SSSR count). The van der Waals surface area contributed by atoms with Crippen molar-refractivity contribution < 1.29 is 32.6 Å². The monoisotopic (exact) mass is 356 g/mol. The lowest BCUT2D eigenvalue weighted by Crippen LogP contribution is -2.44. The fourth-order valence-electron chi connectivity index (χ4n) is 2.14. The minimum atomic E-state index is -3.46. The van der Waals surface area contributed by atoms with E-state index in [1.807, 2.05) is 0 Å². The van der Waals surface area contributed by atoms with Crippen molar-refractivity contribution in [2.45, 2.75) is 11.8 Å². The number of ether oxygens (including phenoxy) is 1. The van der Waals surface area contributed by atoms with E-state index in [2.05, 4.69) is 5.32 Å². The van der Waals surface area contributed by atoms with Crippen LogP contribution in [0, 0.1) is 0 Å². The number of fused-ring (bicyclic) bond motifs is 1. The Morgan fingerprint density at radius 2 is 2.08 bits per heavy atom. The fourth-order valence-corrected chi connectivity index (χ4v) is 3.03. The van der Waals surface area contributed by atoms with Gasteiger partial charge in [-0.25, -0.2) is 13.2 Å². The molecule has 1 aromatic rings. The highest BCUT2D eigenvalue weighted by Crippen LogP contribution is 2.34. The number of carboxylic acids is 1. The number of carbonyl (C=O) groups is 3. The van der Waals surface area contributed by atoms with Crippen molar-refractivity contribution in [3.8, 4) is 5.75 Å². The second-order valence-electron chi connectivity index (χ2n) is 5.03. The number of carboxylic acid groups (broad SMARTS) is 1. The van der Waals surface area contributed by atoms with Gasteiger partial charge >= 0.3 is 11.9 Å². The summed E-state index contributed by atoms with van der Waals surface area (Å²) in [5, 5.41) is 10.7. The molecular formula is C14H16N2O7S. The highest BCUT2D eigenvalue weighted by Gasteiger charge is 2.27. The second kappa shape index (κ2) is 6.87. The molecule has 130 valence electrons. The molecule has 0 atom stereocenters. The van der Waals surface area contributed by atoms with Crippen molar-refractivity contribution in [1.82, 2.24) is 5.32 Å². The third-order valence-corrected chi connectivity index (χ3v) is 5.06. The van der Waals surface area contributed by atoms with Crippen LogP contribution in [0.2, 0.25) is 0 Å². The zero-order chi connectivity index (χ0) is 17.9. The van der Waals surface area contributed by atoms with Crippen molar-refractivity contribution in [2.75, 3.05) is 30.3 Å². The first-order chi connectivity index (χ1) is 11.2. The van der Waals surface area contributed by atoms with Crippen LogP contribution in [-0.4, -0.2) is 56.8 Å². The van der Waals surface area contributed by atoms with Crippen molar-refractivity contribution in [2.24, 2.45) is 0 Å². The van der Waals surface area contributed by atoms with E-state index >= 15 is 0 Å². The molecule has 0 fully saturated rings. The Bertz CT molecular complexity index is 788. The highest BCUT2D eigenvalue weighted by atomic mass is 32.2. The lowest BCUT2D eigenvalue weighted by molar-refractivity contribution is -0.138. The summed E-state index contributed by atoms with van der Waals surface area (Å²) in [6, 6.07) is 4.07. The molecule has 1 aliphatic heterocycles. The molecule has 0 aromatic heterocycles. The topological polar surface area (TPSA) is 130 Å². The van der Waals surface area contributed by atoms with Gasteiger partial charge in [-0.2, -0.15) is 0 Å². The molecule has 2 N–H and O–H groups in total. The molecular weight excluding hydrogens is 340 g/mol. The van der Waals surface area contributed by atoms with Crippen LogP contribution in [0.1, 0.15) is 6.92 Å². The van der Waals surface area contributed by atoms with Gasteiger partial charge < -0.3 is 20.1 Å². The Morgan fingerprint density at radius 1 is 1.38 bits per heavy atom. The van der Waals surface area contributed by atoms with Crippen LogP contribution in [0.5, 0.6) is 5.75 Å². The Kier molecular flexibility index (Phi) is 5.07. The molecule has 0 unspecified atom stereocenters. The summed E-state index contributed by atoms with van der Waals surface area (Å²) < 4.78 is 28.9. The van der Waals surface area contributed by atoms with Crippen LogP contribution in [0.4, 0.5) is 5.69 Å². The summed E-state index contributed by atoms with van der Waals surface area (Å²) in [4.78, 5) is 35.3. The first-order valence-electron chi connectivity index (χ1n) is 7.04. The molecule has 0 aliphatic carbocycles. The summed E-state index contributed by atoms with van der Waals surface area (Å²) in [7, 11) is -3.46. The maximum absolute atomic E-state index is 11.9. The van der Waals surface area contributed by atoms with E-state index in [4.69, 9.17) is 9.84 Å². The lowest BCUT2D eigenvalue weighted by Gasteiger charge is -2.29. The van der Waals surface area contributed by atoms with E-state index in [0.717, 1.165) is 0 Å². The quantitative estimate of drug-likeness (QED) is 0.511. The fraction of sp³-hybridized carbons (Fsp3) is 0.357. The third kappa shape index (κ3) is 4.02. The van der Waals surface area contributed by atoms with Crippen LogP contribution < -0.4 is 15.0 Å². The summed E-state index contributed by atoms with van der Waals surface area (Å²) in [6.07, 6.45) is 0. The summed E-state index contributed by atoms with van der Waals surface area (Å²) in [6.45, 7) is 0.514. The predicted octanol–water partition coefficient (Wildman–Crippen LogP) is -0.594. The number of nitrogens with one attached hydrogen (secondary N) is 1.